The number of nitrogens with one attached hydrogen (secondary N) is 2. The van der Waals surface area contributed by atoms with Crippen LogP contribution in [0.15, 0.2) is 84.6 Å². The van der Waals surface area contributed by atoms with Crippen LogP contribution in [0.2, 0.25) is 0 Å². The molecule has 2 heterocycles. The Morgan fingerprint density at radius 2 is 1.55 bits per heavy atom. The van der Waals surface area contributed by atoms with Crippen LogP contribution in [0.5, 0.6) is 5.75 Å². The van der Waals surface area contributed by atoms with Crippen molar-refractivity contribution in [2.24, 2.45) is 0 Å². The second-order valence-electron chi connectivity index (χ2n) is 16.9. The molecule has 2 amide bonds. The highest BCUT2D eigenvalue weighted by atomic mass is 16.7. The zero-order chi connectivity index (χ0) is 42.8. The van der Waals surface area contributed by atoms with Crippen molar-refractivity contribution in [1.29, 1.82) is 0 Å². The fourth-order valence-corrected chi connectivity index (χ4v) is 9.22. The van der Waals surface area contributed by atoms with E-state index in [2.05, 4.69) is 15.5 Å². The molecule has 4 aliphatic rings. The Morgan fingerprint density at radius 1 is 0.900 bits per heavy atom. The summed E-state index contributed by atoms with van der Waals surface area (Å²) >= 11 is 0. The lowest BCUT2D eigenvalue weighted by atomic mass is 9.50. The number of aliphatic hydroxyl groups excluding tert-OH is 1. The van der Waals surface area contributed by atoms with E-state index in [1.165, 1.54) is 0 Å². The van der Waals surface area contributed by atoms with E-state index in [1.54, 1.807) is 57.2 Å². The molecule has 2 aliphatic heterocycles. The largest absolute Gasteiger partial charge is 0.509 e. The van der Waals surface area contributed by atoms with Crippen LogP contribution in [0.1, 0.15) is 93.2 Å². The fourth-order valence-electron chi connectivity index (χ4n) is 9.22. The van der Waals surface area contributed by atoms with Crippen LogP contribution < -0.4 is 15.4 Å². The first-order valence-electron chi connectivity index (χ1n) is 20.5. The molecule has 3 aromatic rings. The number of carbonyl (C=O) groups is 5. The van der Waals surface area contributed by atoms with Gasteiger partial charge in [0, 0.05) is 36.2 Å². The van der Waals surface area contributed by atoms with E-state index >= 15 is 0 Å². The molecule has 14 nitrogen and oxygen atoms in total. The number of hydrogen-bond acceptors (Lipinski definition) is 12. The molecule has 7 rings (SSSR count). The summed E-state index contributed by atoms with van der Waals surface area (Å²) in [5.74, 6) is -1.62. The van der Waals surface area contributed by atoms with Gasteiger partial charge in [-0.25, -0.2) is 4.79 Å². The van der Waals surface area contributed by atoms with Crippen LogP contribution in [0.3, 0.4) is 0 Å². The van der Waals surface area contributed by atoms with Gasteiger partial charge in [0.15, 0.2) is 6.10 Å². The minimum absolute atomic E-state index is 0.0609. The Kier molecular flexibility index (Phi) is 12.1. The molecule has 1 spiro atoms. The van der Waals surface area contributed by atoms with Gasteiger partial charge in [-0.3, -0.25) is 24.1 Å². The van der Waals surface area contributed by atoms with Gasteiger partial charge in [-0.1, -0.05) is 72.8 Å². The molecule has 0 unspecified atom stereocenters. The quantitative estimate of drug-likeness (QED) is 0.146. The van der Waals surface area contributed by atoms with Crippen LogP contribution in [0.25, 0.3) is 0 Å². The average molecular weight is 824 g/mol. The molecule has 318 valence electrons. The first kappa shape index (κ1) is 42.4. The molecular formula is C46H53N3O11. The van der Waals surface area contributed by atoms with Crippen molar-refractivity contribution in [3.8, 4) is 5.75 Å². The highest BCUT2D eigenvalue weighted by molar-refractivity contribution is 5.85. The van der Waals surface area contributed by atoms with Gasteiger partial charge in [0.1, 0.15) is 22.7 Å². The molecule has 3 aromatic carbocycles. The minimum atomic E-state index is -1.33. The van der Waals surface area contributed by atoms with Gasteiger partial charge in [0.2, 0.25) is 12.0 Å². The molecule has 2 bridgehead atoms. The molecule has 0 aromatic heterocycles. The third-order valence-corrected chi connectivity index (χ3v) is 12.0. The topological polar surface area (TPSA) is 179 Å². The summed E-state index contributed by atoms with van der Waals surface area (Å²) in [6, 6.07) is 21.5. The number of amides is 2. The lowest BCUT2D eigenvalue weighted by Gasteiger charge is -2.62. The smallest absolute Gasteiger partial charge is 0.481 e. The number of likely N-dealkylation sites (N-methyl/N-ethyl adjacent to an activating group) is 1. The van der Waals surface area contributed by atoms with E-state index in [0.29, 0.717) is 36.3 Å². The number of ether oxygens (including phenoxy) is 5. The maximum atomic E-state index is 13.9. The van der Waals surface area contributed by atoms with E-state index < -0.39 is 58.7 Å². The number of esters is 2. The number of carbonyl (C=O) groups excluding carboxylic acids is 5. The standard InChI is InChI=1S/C46H53N3O11/c1-28(29-12-8-6-9-13-29)41(53)47-24-20-36(52)59-46-21-18-33(40-45(46)22-25-49(5)34(46)26-31-16-17-32(27-50)38(57-40)37(31)45)56-35(51)19-23-48-42(54)39(30-14-10-7-11-15-30)58-43(55)60-44(2,3)4/h6-18,28,34,39-40,50H,19-27H2,1-5H3,(H,47,53)(H,48,54)/t28-,34+,39-,40-,45-,46+/m0/s1. The summed E-state index contributed by atoms with van der Waals surface area (Å²) in [6.07, 6.45) is -0.470. The number of rotatable bonds is 14. The highest BCUT2D eigenvalue weighted by Crippen LogP contribution is 2.65. The predicted molar refractivity (Wildman–Crippen MR) is 217 cm³/mol. The van der Waals surface area contributed by atoms with E-state index in [9.17, 15) is 29.1 Å². The van der Waals surface area contributed by atoms with Crippen molar-refractivity contribution in [3.05, 3.63) is 112 Å². The molecule has 1 saturated heterocycles. The summed E-state index contributed by atoms with van der Waals surface area (Å²) in [5.41, 5.74) is 0.796. The summed E-state index contributed by atoms with van der Waals surface area (Å²) < 4.78 is 30.2. The van der Waals surface area contributed by atoms with Gasteiger partial charge in [-0.05, 0) is 71.3 Å². The number of hydrogen-bond donors (Lipinski definition) is 3. The average Bonchev–Trinajstić information content (AvgIpc) is 3.58. The first-order valence-corrected chi connectivity index (χ1v) is 20.5. The fraction of sp³-hybridized carbons (Fsp3) is 0.457. The Hall–Kier alpha value is -5.73. The van der Waals surface area contributed by atoms with Crippen molar-refractivity contribution in [2.75, 3.05) is 26.7 Å². The van der Waals surface area contributed by atoms with Crippen molar-refractivity contribution in [3.63, 3.8) is 0 Å². The Morgan fingerprint density at radius 3 is 2.22 bits per heavy atom. The molecular weight excluding hydrogens is 771 g/mol. The molecule has 6 atom stereocenters. The van der Waals surface area contributed by atoms with Gasteiger partial charge >= 0.3 is 18.1 Å². The number of likely N-dealkylation sites (tertiary alicyclic amines) is 1. The van der Waals surface area contributed by atoms with Crippen molar-refractivity contribution in [1.82, 2.24) is 15.5 Å². The number of piperidine rings is 1. The van der Waals surface area contributed by atoms with E-state index in [1.807, 2.05) is 56.4 Å². The number of nitrogens with zero attached hydrogens (tertiary/aromatic N) is 1. The normalized spacial score (nSPS) is 23.4. The number of aliphatic hydroxyl groups is 1. The molecule has 3 N–H and O–H groups in total. The summed E-state index contributed by atoms with van der Waals surface area (Å²) in [7, 11) is 2.01. The third kappa shape index (κ3) is 8.10. The molecule has 0 saturated carbocycles. The van der Waals surface area contributed by atoms with Crippen LogP contribution >= 0.6 is 0 Å². The lowest BCUT2D eigenvalue weighted by Crippen LogP contribution is -2.75. The second-order valence-corrected chi connectivity index (χ2v) is 16.9. The van der Waals surface area contributed by atoms with Gasteiger partial charge in [0.05, 0.1) is 36.8 Å². The summed E-state index contributed by atoms with van der Waals surface area (Å²) in [5, 5.41) is 16.0. The van der Waals surface area contributed by atoms with Crippen LogP contribution in [-0.2, 0) is 56.6 Å². The first-order chi connectivity index (χ1) is 28.7. The highest BCUT2D eigenvalue weighted by Gasteiger charge is 2.74. The molecule has 0 radical (unpaired) electrons. The monoisotopic (exact) mass is 823 g/mol. The Labute approximate surface area is 349 Å². The lowest BCUT2D eigenvalue weighted by molar-refractivity contribution is -0.206. The maximum absolute atomic E-state index is 13.9. The molecule has 14 heteroatoms. The van der Waals surface area contributed by atoms with Gasteiger partial charge in [0.25, 0.3) is 5.91 Å². The van der Waals surface area contributed by atoms with Crippen LogP contribution in [0.4, 0.5) is 4.79 Å². The predicted octanol–water partition coefficient (Wildman–Crippen LogP) is 5.06. The van der Waals surface area contributed by atoms with Gasteiger partial charge in [-0.15, -0.1) is 0 Å². The second kappa shape index (κ2) is 17.1. The van der Waals surface area contributed by atoms with Crippen LogP contribution in [0, 0.1) is 0 Å². The van der Waals surface area contributed by atoms with E-state index in [0.717, 1.165) is 16.7 Å². The molecule has 60 heavy (non-hydrogen) atoms. The summed E-state index contributed by atoms with van der Waals surface area (Å²) in [6.45, 7) is 7.17. The third-order valence-electron chi connectivity index (χ3n) is 12.0. The minimum Gasteiger partial charge on any atom is -0.481 e. The summed E-state index contributed by atoms with van der Waals surface area (Å²) in [4.78, 5) is 68.6. The van der Waals surface area contributed by atoms with E-state index in [4.69, 9.17) is 23.7 Å². The van der Waals surface area contributed by atoms with Gasteiger partial charge < -0.3 is 39.4 Å². The molecule has 1 fully saturated rings. The molecule has 2 aliphatic carbocycles. The Bertz CT molecular complexity index is 2150. The maximum Gasteiger partial charge on any atom is 0.509 e. The van der Waals surface area contributed by atoms with E-state index in [-0.39, 0.29) is 56.7 Å². The SMILES string of the molecule is C[C@H](C(=O)NCCC(=O)O[C@@]12CC=C(OC(=O)CCNC(=O)[C@@H](OC(=O)OC(C)(C)C)c3ccccc3)[C@@H]3Oc4c(CO)ccc5c4[C@@]31CCN(C)[C@@H]2C5)c1ccccc1. The van der Waals surface area contributed by atoms with Crippen LogP contribution in [-0.4, -0.2) is 89.9 Å². The van der Waals surface area contributed by atoms with Crippen molar-refractivity contribution < 1.29 is 52.8 Å². The Balaban J connectivity index is 1.08. The van der Waals surface area contributed by atoms with Gasteiger partial charge in [-0.2, -0.15) is 0 Å². The van der Waals surface area contributed by atoms with Crippen molar-refractivity contribution >= 4 is 29.9 Å². The zero-order valence-electron chi connectivity index (χ0n) is 34.7. The van der Waals surface area contributed by atoms with Crippen molar-refractivity contribution in [2.45, 2.75) is 107 Å². The zero-order valence-corrected chi connectivity index (χ0v) is 34.7. The number of benzene rings is 3.